The van der Waals surface area contributed by atoms with Crippen molar-refractivity contribution in [3.05, 3.63) is 22.7 Å². The second-order valence-corrected chi connectivity index (χ2v) is 3.87. The standard InChI is InChI=1S/C9H8BrN3O/c1-5(14)2-6-7-3-11-4-12-9(7)13-8(6)10/h3-4H,2H2,1H3,(H,11,12,13). The van der Waals surface area contributed by atoms with Crippen LogP contribution in [0.5, 0.6) is 0 Å². The highest BCUT2D eigenvalue weighted by Gasteiger charge is 2.11. The van der Waals surface area contributed by atoms with Gasteiger partial charge in [0.25, 0.3) is 0 Å². The molecule has 0 aliphatic heterocycles. The van der Waals surface area contributed by atoms with Gasteiger partial charge in [-0.3, -0.25) is 4.79 Å². The SMILES string of the molecule is CC(=O)Cc1c(Br)[nH]c2ncncc12. The van der Waals surface area contributed by atoms with Crippen molar-refractivity contribution in [3.8, 4) is 0 Å². The molecule has 2 heterocycles. The molecule has 0 atom stereocenters. The average Bonchev–Trinajstić information content (AvgIpc) is 2.43. The Labute approximate surface area is 88.9 Å². The number of nitrogens with zero attached hydrogens (tertiary/aromatic N) is 2. The lowest BCUT2D eigenvalue weighted by Crippen LogP contribution is -1.95. The molecule has 0 unspecified atom stereocenters. The molecule has 0 aromatic carbocycles. The van der Waals surface area contributed by atoms with E-state index in [1.165, 1.54) is 6.33 Å². The number of halogens is 1. The van der Waals surface area contributed by atoms with Gasteiger partial charge in [-0.2, -0.15) is 0 Å². The quantitative estimate of drug-likeness (QED) is 0.889. The van der Waals surface area contributed by atoms with Crippen molar-refractivity contribution >= 4 is 32.7 Å². The van der Waals surface area contributed by atoms with Crippen LogP contribution in [0.4, 0.5) is 0 Å². The van der Waals surface area contributed by atoms with Crippen LogP contribution in [0.1, 0.15) is 12.5 Å². The molecule has 2 rings (SSSR count). The van der Waals surface area contributed by atoms with Gasteiger partial charge >= 0.3 is 0 Å². The molecule has 2 aromatic rings. The van der Waals surface area contributed by atoms with Crippen LogP contribution < -0.4 is 0 Å². The van der Waals surface area contributed by atoms with Crippen LogP contribution in [0.25, 0.3) is 11.0 Å². The number of ketones is 1. The Hall–Kier alpha value is -1.23. The Bertz CT molecular complexity index is 492. The smallest absolute Gasteiger partial charge is 0.141 e. The van der Waals surface area contributed by atoms with E-state index in [0.717, 1.165) is 21.2 Å². The number of fused-ring (bicyclic) bond motifs is 1. The Morgan fingerprint density at radius 3 is 3.14 bits per heavy atom. The van der Waals surface area contributed by atoms with Gasteiger partial charge in [-0.05, 0) is 22.9 Å². The van der Waals surface area contributed by atoms with Crippen LogP contribution in [0.15, 0.2) is 17.1 Å². The van der Waals surface area contributed by atoms with Gasteiger partial charge in [-0.1, -0.05) is 0 Å². The maximum atomic E-state index is 11.0. The predicted molar refractivity (Wildman–Crippen MR) is 56.0 cm³/mol. The Morgan fingerprint density at radius 1 is 1.64 bits per heavy atom. The molecule has 0 radical (unpaired) electrons. The second kappa shape index (κ2) is 3.49. The summed E-state index contributed by atoms with van der Waals surface area (Å²) in [7, 11) is 0. The van der Waals surface area contributed by atoms with Crippen molar-refractivity contribution < 1.29 is 4.79 Å². The summed E-state index contributed by atoms with van der Waals surface area (Å²) in [6.45, 7) is 1.56. The highest BCUT2D eigenvalue weighted by Crippen LogP contribution is 2.24. The lowest BCUT2D eigenvalue weighted by atomic mass is 10.1. The van der Waals surface area contributed by atoms with E-state index in [9.17, 15) is 4.79 Å². The van der Waals surface area contributed by atoms with Crippen molar-refractivity contribution in [1.29, 1.82) is 0 Å². The normalized spacial score (nSPS) is 10.7. The first-order valence-corrected chi connectivity index (χ1v) is 4.93. The van der Waals surface area contributed by atoms with Crippen LogP contribution >= 0.6 is 15.9 Å². The van der Waals surface area contributed by atoms with Gasteiger partial charge in [-0.25, -0.2) is 9.97 Å². The number of nitrogens with one attached hydrogen (secondary N) is 1. The molecule has 5 heteroatoms. The first-order chi connectivity index (χ1) is 6.68. The zero-order chi connectivity index (χ0) is 10.1. The molecule has 0 spiro atoms. The summed E-state index contributed by atoms with van der Waals surface area (Å²) in [5, 5.41) is 0.898. The van der Waals surface area contributed by atoms with E-state index in [0.29, 0.717) is 6.42 Å². The maximum Gasteiger partial charge on any atom is 0.141 e. The maximum absolute atomic E-state index is 11.0. The van der Waals surface area contributed by atoms with Gasteiger partial charge in [0.2, 0.25) is 0 Å². The summed E-state index contributed by atoms with van der Waals surface area (Å²) in [5.41, 5.74) is 1.68. The molecule has 0 aliphatic rings. The summed E-state index contributed by atoms with van der Waals surface area (Å²) in [6, 6.07) is 0. The molecule has 0 amide bonds. The Morgan fingerprint density at radius 2 is 2.43 bits per heavy atom. The fourth-order valence-corrected chi connectivity index (χ4v) is 1.91. The van der Waals surface area contributed by atoms with Crippen LogP contribution in [0.2, 0.25) is 0 Å². The molecule has 1 N–H and O–H groups in total. The van der Waals surface area contributed by atoms with Gasteiger partial charge in [0, 0.05) is 23.6 Å². The molecule has 72 valence electrons. The lowest BCUT2D eigenvalue weighted by molar-refractivity contribution is -0.116. The van der Waals surface area contributed by atoms with Crippen molar-refractivity contribution in [2.45, 2.75) is 13.3 Å². The van der Waals surface area contributed by atoms with E-state index in [4.69, 9.17) is 0 Å². The molecule has 4 nitrogen and oxygen atoms in total. The first-order valence-electron chi connectivity index (χ1n) is 4.14. The minimum atomic E-state index is 0.121. The Balaban J connectivity index is 2.62. The highest BCUT2D eigenvalue weighted by atomic mass is 79.9. The molecule has 2 aromatic heterocycles. The molecule has 0 saturated carbocycles. The van der Waals surface area contributed by atoms with Gasteiger partial charge < -0.3 is 4.98 Å². The number of hydrogen-bond donors (Lipinski definition) is 1. The summed E-state index contributed by atoms with van der Waals surface area (Å²) >= 11 is 3.36. The number of H-pyrrole nitrogens is 1. The summed E-state index contributed by atoms with van der Waals surface area (Å²) < 4.78 is 0.809. The number of carbonyl (C=O) groups excluding carboxylic acids is 1. The summed E-state index contributed by atoms with van der Waals surface area (Å²) in [5.74, 6) is 0.121. The summed E-state index contributed by atoms with van der Waals surface area (Å²) in [6.07, 6.45) is 3.58. The van der Waals surface area contributed by atoms with Gasteiger partial charge in [0.15, 0.2) is 0 Å². The third kappa shape index (κ3) is 1.55. The third-order valence-corrected chi connectivity index (χ3v) is 2.63. The second-order valence-electron chi connectivity index (χ2n) is 3.08. The first kappa shape index (κ1) is 9.33. The van der Waals surface area contributed by atoms with E-state index in [-0.39, 0.29) is 5.78 Å². The van der Waals surface area contributed by atoms with Crippen LogP contribution in [0, 0.1) is 0 Å². The number of Topliss-reactive ketones (excluding diaryl/α,β-unsaturated/α-hetero) is 1. The predicted octanol–water partition coefficient (Wildman–Crippen LogP) is 1.85. The van der Waals surface area contributed by atoms with E-state index >= 15 is 0 Å². The van der Waals surface area contributed by atoms with Crippen molar-refractivity contribution in [1.82, 2.24) is 15.0 Å². The summed E-state index contributed by atoms with van der Waals surface area (Å²) in [4.78, 5) is 22.1. The molecule has 0 saturated heterocycles. The number of aromatic amines is 1. The number of rotatable bonds is 2. The van der Waals surface area contributed by atoms with Gasteiger partial charge in [0.05, 0.1) is 4.60 Å². The highest BCUT2D eigenvalue weighted by molar-refractivity contribution is 9.10. The van der Waals surface area contributed by atoms with Crippen molar-refractivity contribution in [3.63, 3.8) is 0 Å². The third-order valence-electron chi connectivity index (χ3n) is 1.96. The van der Waals surface area contributed by atoms with Gasteiger partial charge in [-0.15, -0.1) is 0 Å². The number of carbonyl (C=O) groups is 1. The zero-order valence-corrected chi connectivity index (χ0v) is 9.13. The zero-order valence-electron chi connectivity index (χ0n) is 7.54. The molecule has 14 heavy (non-hydrogen) atoms. The average molecular weight is 254 g/mol. The molecule has 0 fully saturated rings. The molecular weight excluding hydrogens is 246 g/mol. The van der Waals surface area contributed by atoms with Crippen molar-refractivity contribution in [2.75, 3.05) is 0 Å². The topological polar surface area (TPSA) is 58.6 Å². The largest absolute Gasteiger partial charge is 0.334 e. The van der Waals surface area contributed by atoms with Crippen LogP contribution in [-0.4, -0.2) is 20.7 Å². The Kier molecular flexibility index (Phi) is 2.33. The van der Waals surface area contributed by atoms with E-state index < -0.39 is 0 Å². The van der Waals surface area contributed by atoms with Gasteiger partial charge in [0.1, 0.15) is 17.8 Å². The number of hydrogen-bond acceptors (Lipinski definition) is 3. The molecule has 0 aliphatic carbocycles. The fourth-order valence-electron chi connectivity index (χ4n) is 1.37. The fraction of sp³-hybridized carbons (Fsp3) is 0.222. The molecular formula is C9H8BrN3O. The van der Waals surface area contributed by atoms with E-state index in [1.807, 2.05) is 0 Å². The van der Waals surface area contributed by atoms with Crippen LogP contribution in [-0.2, 0) is 11.2 Å². The monoisotopic (exact) mass is 253 g/mol. The molecule has 0 bridgehead atoms. The van der Waals surface area contributed by atoms with E-state index in [2.05, 4.69) is 30.9 Å². The number of aromatic nitrogens is 3. The lowest BCUT2D eigenvalue weighted by Gasteiger charge is -1.94. The van der Waals surface area contributed by atoms with E-state index in [1.54, 1.807) is 13.1 Å². The van der Waals surface area contributed by atoms with Crippen LogP contribution in [0.3, 0.4) is 0 Å². The minimum Gasteiger partial charge on any atom is -0.334 e. The van der Waals surface area contributed by atoms with Crippen molar-refractivity contribution in [2.24, 2.45) is 0 Å². The minimum absolute atomic E-state index is 0.121.